The zero-order valence-electron chi connectivity index (χ0n) is 39.0. The quantitative estimate of drug-likeness (QED) is 0.0851. The molecule has 13 heteroatoms. The average Bonchev–Trinajstić information content (AvgIpc) is 4.06. The zero-order chi connectivity index (χ0) is 47.5. The van der Waals surface area contributed by atoms with Gasteiger partial charge < -0.3 is 25.3 Å². The monoisotopic (exact) mass is 911 g/mol. The molecular weight excluding hydrogens is 849 g/mol. The van der Waals surface area contributed by atoms with E-state index in [2.05, 4.69) is 20.4 Å². The molecule has 2 aliphatic heterocycles. The van der Waals surface area contributed by atoms with Crippen molar-refractivity contribution in [1.29, 1.82) is 0 Å². The van der Waals surface area contributed by atoms with Crippen molar-refractivity contribution in [3.8, 4) is 0 Å². The second-order valence-electron chi connectivity index (χ2n) is 17.3. The molecule has 2 N–H and O–H groups in total. The maximum atomic E-state index is 14.7. The van der Waals surface area contributed by atoms with Crippen LogP contribution in [0.5, 0.6) is 0 Å². The molecule has 4 atom stereocenters. The predicted octanol–water partition coefficient (Wildman–Crippen LogP) is 9.20. The van der Waals surface area contributed by atoms with Gasteiger partial charge in [-0.15, -0.1) is 0 Å². The fraction of sp³-hybridized carbons (Fsp3) is 0.370. The van der Waals surface area contributed by atoms with Gasteiger partial charge in [0.1, 0.15) is 24.2 Å². The van der Waals surface area contributed by atoms with Crippen molar-refractivity contribution >= 4 is 40.7 Å². The van der Waals surface area contributed by atoms with E-state index in [9.17, 15) is 28.0 Å². The first-order valence-electron chi connectivity index (χ1n) is 23.7. The summed E-state index contributed by atoms with van der Waals surface area (Å²) in [5.41, 5.74) is 5.17. The number of nitrogens with zero attached hydrogens (tertiary/aromatic N) is 5. The summed E-state index contributed by atoms with van der Waals surface area (Å²) in [5, 5.41) is 6.07. The first-order valence-corrected chi connectivity index (χ1v) is 23.7. The van der Waals surface area contributed by atoms with Gasteiger partial charge >= 0.3 is 0 Å². The van der Waals surface area contributed by atoms with Gasteiger partial charge in [-0.1, -0.05) is 113 Å². The number of nitrogens with one attached hydrogen (secondary N) is 2. The molecule has 5 aromatic carbocycles. The zero-order valence-corrected chi connectivity index (χ0v) is 39.0. The molecule has 2 aliphatic rings. The Morgan fingerprint density at radius 1 is 0.552 bits per heavy atom. The molecule has 0 saturated carbocycles. The Hall–Kier alpha value is -6.44. The Morgan fingerprint density at radius 2 is 0.955 bits per heavy atom. The third-order valence-electron chi connectivity index (χ3n) is 13.2. The van der Waals surface area contributed by atoms with Gasteiger partial charge in [0.25, 0.3) is 0 Å². The van der Waals surface area contributed by atoms with Crippen molar-refractivity contribution in [1.82, 2.24) is 19.6 Å². The molecule has 0 bridgehead atoms. The van der Waals surface area contributed by atoms with Crippen LogP contribution in [0.4, 0.5) is 25.8 Å². The lowest BCUT2D eigenvalue weighted by Crippen LogP contribution is -2.48. The van der Waals surface area contributed by atoms with Crippen LogP contribution in [0.3, 0.4) is 0 Å². The Kier molecular flexibility index (Phi) is 16.5. The molecule has 2 heterocycles. The van der Waals surface area contributed by atoms with Crippen LogP contribution in [-0.2, 0) is 32.3 Å². The first-order chi connectivity index (χ1) is 32.5. The lowest BCUT2D eigenvalue weighted by Gasteiger charge is -2.34. The van der Waals surface area contributed by atoms with Gasteiger partial charge in [0.2, 0.25) is 23.6 Å². The van der Waals surface area contributed by atoms with Crippen molar-refractivity contribution < 1.29 is 28.0 Å². The molecule has 11 nitrogen and oxygen atoms in total. The maximum absolute atomic E-state index is 14.7. The molecule has 0 spiro atoms. The molecule has 2 saturated heterocycles. The van der Waals surface area contributed by atoms with E-state index >= 15 is 0 Å². The third kappa shape index (κ3) is 11.6. The van der Waals surface area contributed by atoms with Crippen LogP contribution in [0.1, 0.15) is 87.7 Å². The van der Waals surface area contributed by atoms with Gasteiger partial charge in [-0.05, 0) is 111 Å². The minimum Gasteiger partial charge on any atom is -0.363 e. The third-order valence-corrected chi connectivity index (χ3v) is 13.2. The Bertz CT molecular complexity index is 2290. The summed E-state index contributed by atoms with van der Waals surface area (Å²) in [6, 6.07) is 35.8. The van der Waals surface area contributed by atoms with E-state index in [4.69, 9.17) is 0 Å². The highest BCUT2D eigenvalue weighted by molar-refractivity contribution is 5.99. The number of carbonyl (C=O) groups is 4. The smallest absolute Gasteiger partial charge is 0.247 e. The number of likely N-dealkylation sites (N-methyl/N-ethyl adjacent to an activating group) is 2. The highest BCUT2D eigenvalue weighted by Gasteiger charge is 2.41. The van der Waals surface area contributed by atoms with E-state index < -0.39 is 35.8 Å². The van der Waals surface area contributed by atoms with Crippen LogP contribution in [0.25, 0.3) is 0 Å². The fourth-order valence-electron chi connectivity index (χ4n) is 9.59. The van der Waals surface area contributed by atoms with Crippen LogP contribution in [-0.4, -0.2) is 94.6 Å². The number of likely N-dealkylation sites (tertiary alicyclic amines) is 2. The maximum Gasteiger partial charge on any atom is 0.247 e. The second-order valence-corrected chi connectivity index (χ2v) is 17.3. The molecule has 0 aromatic heterocycles. The van der Waals surface area contributed by atoms with Crippen LogP contribution in [0, 0.1) is 11.6 Å². The summed E-state index contributed by atoms with van der Waals surface area (Å²) in [5.74, 6) is -2.54. The second kappa shape index (κ2) is 22.8. The number of anilines is 3. The Balaban J connectivity index is 1.00. The molecule has 5 aromatic rings. The van der Waals surface area contributed by atoms with E-state index in [0.29, 0.717) is 82.3 Å². The molecule has 4 amide bonds. The van der Waals surface area contributed by atoms with Crippen LogP contribution < -0.4 is 15.5 Å². The molecule has 67 heavy (non-hydrogen) atoms. The van der Waals surface area contributed by atoms with Crippen molar-refractivity contribution in [3.05, 3.63) is 161 Å². The summed E-state index contributed by atoms with van der Waals surface area (Å²) in [7, 11) is 0. The molecule has 0 aliphatic carbocycles. The number of carbonyl (C=O) groups excluding carboxylic acids is 4. The van der Waals surface area contributed by atoms with E-state index in [1.165, 1.54) is 12.1 Å². The number of rotatable bonds is 19. The number of hydrogen-bond acceptors (Lipinski definition) is 7. The van der Waals surface area contributed by atoms with Crippen LogP contribution >= 0.6 is 0 Å². The van der Waals surface area contributed by atoms with E-state index in [1.807, 2.05) is 142 Å². The normalized spacial score (nSPS) is 16.8. The molecular formula is C54H63F2N7O4. The van der Waals surface area contributed by atoms with Crippen LogP contribution in [0.2, 0.25) is 0 Å². The largest absolute Gasteiger partial charge is 0.363 e. The SMILES string of the molecule is CCN(CC)[C@@H](C(=O)N1CCC[C@H]1C(=O)Nc1ccc(CN(Cc2ccc(NC(=O)[C@@H]3CCCN3C(=O)[C@@H](c3ccccc3)N(CC)CC)cc2)c2ccc(F)c(F)c2)cc1)c1ccccc1. The molecule has 2 fully saturated rings. The van der Waals surface area contributed by atoms with Gasteiger partial charge in [0.05, 0.1) is 0 Å². The highest BCUT2D eigenvalue weighted by atomic mass is 19.2. The summed E-state index contributed by atoms with van der Waals surface area (Å²) >= 11 is 0. The van der Waals surface area contributed by atoms with Gasteiger partial charge in [0.15, 0.2) is 11.6 Å². The standard InChI is InChI=1S/C54H63F2N7O4/c1-5-59(6-2)49(40-17-11-9-12-18-40)53(66)62-33-15-21-47(62)51(64)57-42-27-23-38(24-28-42)36-61(44-31-32-45(55)46(56)35-44)37-39-25-29-43(30-26-39)58-52(65)48-22-16-34-63(48)54(67)50(60(7-3)8-4)41-19-13-10-14-20-41/h9-14,17-20,23-32,35,47-50H,5-8,15-16,21-22,33-34,36-37H2,1-4H3,(H,57,64)(H,58,65)/t47-,48-,49+,50+/m0/s1. The number of benzene rings is 5. The van der Waals surface area contributed by atoms with Crippen molar-refractivity contribution in [2.45, 2.75) is 90.6 Å². The number of hydrogen-bond donors (Lipinski definition) is 2. The lowest BCUT2D eigenvalue weighted by atomic mass is 10.0. The van der Waals surface area contributed by atoms with Crippen LogP contribution in [0.15, 0.2) is 127 Å². The van der Waals surface area contributed by atoms with Gasteiger partial charge in [-0.2, -0.15) is 0 Å². The van der Waals surface area contributed by atoms with E-state index in [1.54, 1.807) is 9.80 Å². The fourth-order valence-corrected chi connectivity index (χ4v) is 9.59. The summed E-state index contributed by atoms with van der Waals surface area (Å²) in [6.45, 7) is 12.6. The van der Waals surface area contributed by atoms with Crippen molar-refractivity contribution in [2.24, 2.45) is 0 Å². The van der Waals surface area contributed by atoms with Crippen molar-refractivity contribution in [3.63, 3.8) is 0 Å². The first kappa shape index (κ1) is 48.5. The highest BCUT2D eigenvalue weighted by Crippen LogP contribution is 2.31. The molecule has 0 radical (unpaired) electrons. The summed E-state index contributed by atoms with van der Waals surface area (Å²) < 4.78 is 28.8. The average molecular weight is 912 g/mol. The lowest BCUT2D eigenvalue weighted by molar-refractivity contribution is -0.141. The van der Waals surface area contributed by atoms with Gasteiger partial charge in [0, 0.05) is 49.3 Å². The minimum absolute atomic E-state index is 0.0768. The Morgan fingerprint density at radius 3 is 1.33 bits per heavy atom. The van der Waals surface area contributed by atoms with Crippen molar-refractivity contribution in [2.75, 3.05) is 54.8 Å². The number of halogens is 2. The number of amides is 4. The molecule has 0 unspecified atom stereocenters. The molecule has 352 valence electrons. The van der Waals surface area contributed by atoms with Gasteiger partial charge in [-0.3, -0.25) is 29.0 Å². The minimum atomic E-state index is -0.961. The summed E-state index contributed by atoms with van der Waals surface area (Å²) in [6.07, 6.45) is 2.60. The van der Waals surface area contributed by atoms with E-state index in [0.717, 1.165) is 41.2 Å². The van der Waals surface area contributed by atoms with E-state index in [-0.39, 0.29) is 23.6 Å². The topological polar surface area (TPSA) is 109 Å². The molecule has 7 rings (SSSR count). The summed E-state index contributed by atoms with van der Waals surface area (Å²) in [4.78, 5) is 65.5. The Labute approximate surface area is 393 Å². The predicted molar refractivity (Wildman–Crippen MR) is 260 cm³/mol. The van der Waals surface area contributed by atoms with Gasteiger partial charge in [-0.25, -0.2) is 8.78 Å².